The summed E-state index contributed by atoms with van der Waals surface area (Å²) < 4.78 is 14.7. The lowest BCUT2D eigenvalue weighted by molar-refractivity contribution is 0.625. The van der Waals surface area contributed by atoms with Gasteiger partial charge < -0.3 is 5.43 Å². The second-order valence-corrected chi connectivity index (χ2v) is 3.50. The Balaban J connectivity index is 2.05. The topological polar surface area (TPSA) is 17.0 Å². The van der Waals surface area contributed by atoms with Crippen LogP contribution in [-0.2, 0) is 6.54 Å². The van der Waals surface area contributed by atoms with E-state index in [4.69, 9.17) is 0 Å². The molecule has 0 atom stereocenters. The highest BCUT2D eigenvalue weighted by Crippen LogP contribution is 2.09. The van der Waals surface area contributed by atoms with E-state index in [-0.39, 0.29) is 5.82 Å². The molecular weight excluding hydrogens is 191 g/mol. The lowest BCUT2D eigenvalue weighted by atomic mass is 10.1. The normalized spacial score (nSPS) is 10.3. The van der Waals surface area contributed by atoms with Crippen molar-refractivity contribution in [3.05, 3.63) is 59.7 Å². The number of benzene rings is 1. The van der Waals surface area contributed by atoms with E-state index in [2.05, 4.69) is 5.43 Å². The molecule has 1 aromatic carbocycles. The van der Waals surface area contributed by atoms with E-state index in [1.807, 2.05) is 36.1 Å². The Labute approximate surface area is 88.3 Å². The number of nitrogens with zero attached hydrogens (tertiary/aromatic N) is 1. The predicted molar refractivity (Wildman–Crippen MR) is 58.6 cm³/mol. The Kier molecular flexibility index (Phi) is 2.72. The highest BCUT2D eigenvalue weighted by Gasteiger charge is 1.99. The number of halogens is 1. The maximum atomic E-state index is 12.8. The number of rotatable bonds is 3. The van der Waals surface area contributed by atoms with Crippen LogP contribution in [0.5, 0.6) is 0 Å². The first-order valence-corrected chi connectivity index (χ1v) is 4.87. The van der Waals surface area contributed by atoms with Crippen molar-refractivity contribution in [3.63, 3.8) is 0 Å². The lowest BCUT2D eigenvalue weighted by Gasteiger charge is -2.09. The van der Waals surface area contributed by atoms with Gasteiger partial charge in [-0.2, -0.15) is 0 Å². The van der Waals surface area contributed by atoms with Gasteiger partial charge >= 0.3 is 0 Å². The van der Waals surface area contributed by atoms with Crippen LogP contribution >= 0.6 is 0 Å². The van der Waals surface area contributed by atoms with Crippen molar-refractivity contribution in [2.45, 2.75) is 13.5 Å². The molecular formula is C12H13FN2. The molecule has 0 unspecified atom stereocenters. The minimum absolute atomic E-state index is 0.183. The van der Waals surface area contributed by atoms with Gasteiger partial charge in [0.2, 0.25) is 0 Å². The van der Waals surface area contributed by atoms with Crippen LogP contribution in [0.25, 0.3) is 0 Å². The smallest absolute Gasteiger partial charge is 0.123 e. The molecule has 78 valence electrons. The summed E-state index contributed by atoms with van der Waals surface area (Å²) in [5.74, 6) is -0.183. The molecule has 3 heteroatoms. The van der Waals surface area contributed by atoms with Gasteiger partial charge in [-0.25, -0.2) is 4.39 Å². The molecule has 0 aliphatic rings. The van der Waals surface area contributed by atoms with Crippen molar-refractivity contribution >= 4 is 0 Å². The van der Waals surface area contributed by atoms with Gasteiger partial charge in [-0.3, -0.25) is 4.68 Å². The maximum absolute atomic E-state index is 12.8. The molecule has 2 rings (SSSR count). The van der Waals surface area contributed by atoms with Gasteiger partial charge in [0, 0.05) is 12.4 Å². The fourth-order valence-corrected chi connectivity index (χ4v) is 1.47. The number of aryl methyl sites for hydroxylation is 1. The first kappa shape index (κ1) is 9.77. The van der Waals surface area contributed by atoms with Crippen LogP contribution in [0.15, 0.2) is 42.7 Å². The average molecular weight is 204 g/mol. The third kappa shape index (κ3) is 2.37. The van der Waals surface area contributed by atoms with Crippen LogP contribution < -0.4 is 5.43 Å². The summed E-state index contributed by atoms with van der Waals surface area (Å²) >= 11 is 0. The molecule has 2 nitrogen and oxygen atoms in total. The largest absolute Gasteiger partial charge is 0.322 e. The standard InChI is InChI=1S/C12H13FN2/c1-10-8-12(13)5-4-11(10)9-14-15-6-2-3-7-15/h2-8,14H,9H2,1H3. The van der Waals surface area contributed by atoms with E-state index in [9.17, 15) is 4.39 Å². The Morgan fingerprint density at radius 2 is 2.00 bits per heavy atom. The summed E-state index contributed by atoms with van der Waals surface area (Å²) in [6.07, 6.45) is 3.86. The van der Waals surface area contributed by atoms with Crippen LogP contribution in [0.2, 0.25) is 0 Å². The zero-order chi connectivity index (χ0) is 10.7. The van der Waals surface area contributed by atoms with Crippen molar-refractivity contribution in [1.82, 2.24) is 4.68 Å². The molecule has 0 bridgehead atoms. The Hall–Kier alpha value is -1.77. The zero-order valence-electron chi connectivity index (χ0n) is 8.57. The quantitative estimate of drug-likeness (QED) is 0.813. The van der Waals surface area contributed by atoms with Crippen LogP contribution in [-0.4, -0.2) is 4.68 Å². The van der Waals surface area contributed by atoms with Crippen molar-refractivity contribution in [3.8, 4) is 0 Å². The van der Waals surface area contributed by atoms with E-state index >= 15 is 0 Å². The van der Waals surface area contributed by atoms with Crippen LogP contribution in [0, 0.1) is 12.7 Å². The summed E-state index contributed by atoms with van der Waals surface area (Å²) in [7, 11) is 0. The van der Waals surface area contributed by atoms with Gasteiger partial charge in [0.25, 0.3) is 0 Å². The molecule has 0 amide bonds. The van der Waals surface area contributed by atoms with Gasteiger partial charge in [-0.15, -0.1) is 0 Å². The van der Waals surface area contributed by atoms with Crippen LogP contribution in [0.4, 0.5) is 4.39 Å². The Bertz CT molecular complexity index is 435. The van der Waals surface area contributed by atoms with Gasteiger partial charge in [-0.05, 0) is 42.3 Å². The molecule has 0 saturated carbocycles. The summed E-state index contributed by atoms with van der Waals surface area (Å²) in [6, 6.07) is 8.74. The van der Waals surface area contributed by atoms with Gasteiger partial charge in [0.1, 0.15) is 5.82 Å². The monoisotopic (exact) mass is 204 g/mol. The zero-order valence-corrected chi connectivity index (χ0v) is 8.57. The SMILES string of the molecule is Cc1cc(F)ccc1CNn1cccc1. The molecule has 0 fully saturated rings. The second-order valence-electron chi connectivity index (χ2n) is 3.50. The first-order chi connectivity index (χ1) is 7.25. The molecule has 15 heavy (non-hydrogen) atoms. The molecule has 0 aliphatic heterocycles. The minimum Gasteiger partial charge on any atom is -0.322 e. The van der Waals surface area contributed by atoms with Crippen molar-refractivity contribution in [2.24, 2.45) is 0 Å². The molecule has 0 radical (unpaired) electrons. The van der Waals surface area contributed by atoms with E-state index in [1.165, 1.54) is 6.07 Å². The number of nitrogens with one attached hydrogen (secondary N) is 1. The second kappa shape index (κ2) is 4.17. The van der Waals surface area contributed by atoms with Crippen LogP contribution in [0.1, 0.15) is 11.1 Å². The number of hydrogen-bond donors (Lipinski definition) is 1. The average Bonchev–Trinajstić information content (AvgIpc) is 2.69. The van der Waals surface area contributed by atoms with Crippen molar-refractivity contribution in [1.29, 1.82) is 0 Å². The highest BCUT2D eigenvalue weighted by molar-refractivity contribution is 5.27. The molecule has 0 saturated heterocycles. The summed E-state index contributed by atoms with van der Waals surface area (Å²) in [5, 5.41) is 0. The Morgan fingerprint density at radius 3 is 2.67 bits per heavy atom. The summed E-state index contributed by atoms with van der Waals surface area (Å²) in [6.45, 7) is 2.61. The van der Waals surface area contributed by atoms with Gasteiger partial charge in [0.15, 0.2) is 0 Å². The van der Waals surface area contributed by atoms with Crippen molar-refractivity contribution in [2.75, 3.05) is 5.43 Å². The maximum Gasteiger partial charge on any atom is 0.123 e. The van der Waals surface area contributed by atoms with Gasteiger partial charge in [-0.1, -0.05) is 6.07 Å². The highest BCUT2D eigenvalue weighted by atomic mass is 19.1. The third-order valence-corrected chi connectivity index (χ3v) is 2.36. The van der Waals surface area contributed by atoms with E-state index in [1.54, 1.807) is 12.1 Å². The lowest BCUT2D eigenvalue weighted by Crippen LogP contribution is -2.12. The third-order valence-electron chi connectivity index (χ3n) is 2.36. The molecule has 1 heterocycles. The predicted octanol–water partition coefficient (Wildman–Crippen LogP) is 2.68. The molecule has 1 N–H and O–H groups in total. The van der Waals surface area contributed by atoms with E-state index < -0.39 is 0 Å². The van der Waals surface area contributed by atoms with Gasteiger partial charge in [0.05, 0.1) is 6.54 Å². The fraction of sp³-hybridized carbons (Fsp3) is 0.167. The molecule has 0 aliphatic carbocycles. The first-order valence-electron chi connectivity index (χ1n) is 4.87. The van der Waals surface area contributed by atoms with E-state index in [0.717, 1.165) is 11.1 Å². The summed E-state index contributed by atoms with van der Waals surface area (Å²) in [4.78, 5) is 0. The molecule has 1 aromatic heterocycles. The summed E-state index contributed by atoms with van der Waals surface area (Å²) in [5.41, 5.74) is 5.26. The van der Waals surface area contributed by atoms with Crippen molar-refractivity contribution < 1.29 is 4.39 Å². The minimum atomic E-state index is -0.183. The van der Waals surface area contributed by atoms with Crippen LogP contribution in [0.3, 0.4) is 0 Å². The Morgan fingerprint density at radius 1 is 1.27 bits per heavy atom. The molecule has 2 aromatic rings. The number of hydrogen-bond acceptors (Lipinski definition) is 1. The fourth-order valence-electron chi connectivity index (χ4n) is 1.47. The molecule has 0 spiro atoms. The van der Waals surface area contributed by atoms with E-state index in [0.29, 0.717) is 6.54 Å². The number of aromatic nitrogens is 1.